The monoisotopic (exact) mass is 468 g/mol. The lowest BCUT2D eigenvalue weighted by Crippen LogP contribution is -1.99. The number of halogens is 1. The number of hydrogen-bond acceptors (Lipinski definition) is 2. The van der Waals surface area contributed by atoms with Gasteiger partial charge in [-0.15, -0.1) is 0 Å². The minimum absolute atomic E-state index is 0.500. The molecule has 0 bridgehead atoms. The van der Waals surface area contributed by atoms with Gasteiger partial charge in [0.05, 0.1) is 7.11 Å². The first-order chi connectivity index (χ1) is 15.3. The normalized spacial score (nSPS) is 11.0. The van der Waals surface area contributed by atoms with Crippen molar-refractivity contribution in [2.75, 3.05) is 7.11 Å². The summed E-state index contributed by atoms with van der Waals surface area (Å²) < 4.78 is 13.3. The van der Waals surface area contributed by atoms with E-state index in [9.17, 15) is 0 Å². The number of ether oxygens (including phenoxy) is 2. The van der Waals surface area contributed by atoms with Gasteiger partial charge < -0.3 is 9.47 Å². The molecule has 0 amide bonds. The van der Waals surface area contributed by atoms with Crippen molar-refractivity contribution in [2.45, 2.75) is 6.61 Å². The average Bonchev–Trinajstić information content (AvgIpc) is 2.82. The first-order valence-corrected chi connectivity index (χ1v) is 11.0. The van der Waals surface area contributed by atoms with Crippen LogP contribution in [-0.2, 0) is 6.61 Å². The maximum Gasteiger partial charge on any atom is 0.128 e. The summed E-state index contributed by atoms with van der Waals surface area (Å²) in [6.45, 7) is 0.500. The van der Waals surface area contributed by atoms with Crippen molar-refractivity contribution in [1.82, 2.24) is 0 Å². The van der Waals surface area contributed by atoms with Crippen LogP contribution in [0.5, 0.6) is 11.5 Å². The third-order valence-corrected chi connectivity index (χ3v) is 6.26. The van der Waals surface area contributed by atoms with Gasteiger partial charge >= 0.3 is 0 Å². The van der Waals surface area contributed by atoms with Crippen molar-refractivity contribution in [1.29, 1.82) is 0 Å². The van der Waals surface area contributed by atoms with E-state index in [1.165, 1.54) is 5.39 Å². The van der Waals surface area contributed by atoms with E-state index in [0.717, 1.165) is 48.8 Å². The fourth-order valence-electron chi connectivity index (χ4n) is 4.09. The van der Waals surface area contributed by atoms with Crippen LogP contribution in [0.2, 0.25) is 0 Å². The molecular weight excluding hydrogens is 448 g/mol. The molecule has 0 atom stereocenters. The van der Waals surface area contributed by atoms with Crippen LogP contribution in [0.25, 0.3) is 32.7 Å². The summed E-state index contributed by atoms with van der Waals surface area (Å²) in [6.07, 6.45) is 0. The molecule has 0 saturated carbocycles. The molecule has 0 fully saturated rings. The van der Waals surface area contributed by atoms with Crippen LogP contribution in [0.4, 0.5) is 0 Å². The Morgan fingerprint density at radius 1 is 0.613 bits per heavy atom. The van der Waals surface area contributed by atoms with E-state index in [-0.39, 0.29) is 0 Å². The van der Waals surface area contributed by atoms with E-state index in [2.05, 4.69) is 88.7 Å². The standard InChI is InChI=1S/C28H21BrO2/c1-30-25-16-14-20-10-5-6-11-21(20)27(25)28-23-12-7-13-24(29)22(23)15-17-26(28)31-18-19-8-3-2-4-9-19/h2-17H,18H2,1H3. The predicted octanol–water partition coefficient (Wildman–Crippen LogP) is 8.01. The van der Waals surface area contributed by atoms with Gasteiger partial charge in [0.15, 0.2) is 0 Å². The van der Waals surface area contributed by atoms with Crippen molar-refractivity contribution in [3.8, 4) is 22.6 Å². The minimum atomic E-state index is 0.500. The molecule has 0 radical (unpaired) electrons. The molecule has 0 aliphatic rings. The van der Waals surface area contributed by atoms with Crippen molar-refractivity contribution in [3.63, 3.8) is 0 Å². The molecule has 3 heteroatoms. The summed E-state index contributed by atoms with van der Waals surface area (Å²) in [7, 11) is 1.72. The van der Waals surface area contributed by atoms with Gasteiger partial charge in [0, 0.05) is 15.6 Å². The maximum absolute atomic E-state index is 6.40. The van der Waals surface area contributed by atoms with E-state index < -0.39 is 0 Å². The minimum Gasteiger partial charge on any atom is -0.496 e. The van der Waals surface area contributed by atoms with Crippen LogP contribution in [0, 0.1) is 0 Å². The van der Waals surface area contributed by atoms with Crippen LogP contribution in [0.3, 0.4) is 0 Å². The van der Waals surface area contributed by atoms with Gasteiger partial charge in [-0.1, -0.05) is 88.7 Å². The summed E-state index contributed by atoms with van der Waals surface area (Å²) in [5.74, 6) is 1.67. The SMILES string of the molecule is COc1ccc2ccccc2c1-c1c(OCc2ccccc2)ccc2c(Br)cccc12. The molecule has 152 valence electrons. The van der Waals surface area contributed by atoms with E-state index in [4.69, 9.17) is 9.47 Å². The molecule has 0 aliphatic heterocycles. The van der Waals surface area contributed by atoms with Crippen LogP contribution in [0.15, 0.2) is 102 Å². The molecule has 0 spiro atoms. The Morgan fingerprint density at radius 3 is 2.16 bits per heavy atom. The van der Waals surface area contributed by atoms with Crippen LogP contribution in [-0.4, -0.2) is 7.11 Å². The molecule has 5 rings (SSSR count). The first-order valence-electron chi connectivity index (χ1n) is 10.2. The molecule has 2 nitrogen and oxygen atoms in total. The lowest BCUT2D eigenvalue weighted by molar-refractivity contribution is 0.308. The molecule has 0 aromatic heterocycles. The van der Waals surface area contributed by atoms with E-state index in [1.54, 1.807) is 7.11 Å². The van der Waals surface area contributed by atoms with Gasteiger partial charge in [0.25, 0.3) is 0 Å². The molecule has 0 saturated heterocycles. The second kappa shape index (κ2) is 8.44. The zero-order valence-corrected chi connectivity index (χ0v) is 18.7. The third-order valence-electron chi connectivity index (χ3n) is 5.57. The number of benzene rings is 5. The van der Waals surface area contributed by atoms with Gasteiger partial charge in [-0.2, -0.15) is 0 Å². The van der Waals surface area contributed by atoms with Gasteiger partial charge in [0.1, 0.15) is 18.1 Å². The number of methoxy groups -OCH3 is 1. The Balaban J connectivity index is 1.79. The van der Waals surface area contributed by atoms with Gasteiger partial charge in [-0.25, -0.2) is 0 Å². The van der Waals surface area contributed by atoms with Crippen molar-refractivity contribution in [2.24, 2.45) is 0 Å². The van der Waals surface area contributed by atoms with Crippen molar-refractivity contribution < 1.29 is 9.47 Å². The molecule has 0 heterocycles. The second-order valence-corrected chi connectivity index (χ2v) is 8.27. The number of hydrogen-bond donors (Lipinski definition) is 0. The van der Waals surface area contributed by atoms with Gasteiger partial charge in [-0.3, -0.25) is 0 Å². The van der Waals surface area contributed by atoms with Crippen molar-refractivity contribution in [3.05, 3.63) is 107 Å². The highest BCUT2D eigenvalue weighted by Gasteiger charge is 2.19. The lowest BCUT2D eigenvalue weighted by Gasteiger charge is -2.19. The Morgan fingerprint density at radius 2 is 1.32 bits per heavy atom. The van der Waals surface area contributed by atoms with Crippen LogP contribution < -0.4 is 9.47 Å². The molecule has 0 N–H and O–H groups in total. The van der Waals surface area contributed by atoms with E-state index >= 15 is 0 Å². The highest BCUT2D eigenvalue weighted by Crippen LogP contribution is 2.46. The molecule has 5 aromatic carbocycles. The number of rotatable bonds is 5. The Hall–Kier alpha value is -3.30. The zero-order chi connectivity index (χ0) is 21.2. The molecule has 0 unspecified atom stereocenters. The van der Waals surface area contributed by atoms with Gasteiger partial charge in [-0.05, 0) is 51.4 Å². The molecule has 5 aromatic rings. The highest BCUT2D eigenvalue weighted by molar-refractivity contribution is 9.10. The Bertz CT molecular complexity index is 1380. The highest BCUT2D eigenvalue weighted by atomic mass is 79.9. The van der Waals surface area contributed by atoms with Crippen molar-refractivity contribution >= 4 is 37.5 Å². The summed E-state index contributed by atoms with van der Waals surface area (Å²) in [5.41, 5.74) is 3.23. The topological polar surface area (TPSA) is 18.5 Å². The number of fused-ring (bicyclic) bond motifs is 2. The second-order valence-electron chi connectivity index (χ2n) is 7.41. The third kappa shape index (κ3) is 3.66. The zero-order valence-electron chi connectivity index (χ0n) is 17.1. The largest absolute Gasteiger partial charge is 0.496 e. The molecule has 31 heavy (non-hydrogen) atoms. The predicted molar refractivity (Wildman–Crippen MR) is 132 cm³/mol. The van der Waals surface area contributed by atoms with Crippen LogP contribution >= 0.6 is 15.9 Å². The van der Waals surface area contributed by atoms with E-state index in [1.807, 2.05) is 24.3 Å². The first kappa shape index (κ1) is 19.7. The fourth-order valence-corrected chi connectivity index (χ4v) is 4.59. The van der Waals surface area contributed by atoms with E-state index in [0.29, 0.717) is 6.61 Å². The Labute approximate surface area is 190 Å². The Kier molecular flexibility index (Phi) is 5.35. The summed E-state index contributed by atoms with van der Waals surface area (Å²) >= 11 is 3.72. The smallest absolute Gasteiger partial charge is 0.128 e. The molecule has 0 aliphatic carbocycles. The lowest BCUT2D eigenvalue weighted by atomic mass is 9.92. The van der Waals surface area contributed by atoms with Gasteiger partial charge in [0.2, 0.25) is 0 Å². The average molecular weight is 469 g/mol. The fraction of sp³-hybridized carbons (Fsp3) is 0.0714. The quantitative estimate of drug-likeness (QED) is 0.260. The summed E-state index contributed by atoms with van der Waals surface area (Å²) in [5, 5.41) is 4.56. The summed E-state index contributed by atoms with van der Waals surface area (Å²) in [6, 6.07) is 33.2. The van der Waals surface area contributed by atoms with Crippen LogP contribution in [0.1, 0.15) is 5.56 Å². The summed E-state index contributed by atoms with van der Waals surface area (Å²) in [4.78, 5) is 0. The molecular formula is C28H21BrO2. The maximum atomic E-state index is 6.40.